The number of benzene rings is 2. The Morgan fingerprint density at radius 2 is 1.57 bits per heavy atom. The number of halogens is 2. The molecule has 1 N–H and O–H groups in total. The van der Waals surface area contributed by atoms with Crippen LogP contribution in [0.4, 0.5) is 0 Å². The molecule has 0 aliphatic rings. The fourth-order valence-electron chi connectivity index (χ4n) is 2.36. The molecule has 0 fully saturated rings. The van der Waals surface area contributed by atoms with Gasteiger partial charge in [0.15, 0.2) is 0 Å². The van der Waals surface area contributed by atoms with E-state index >= 15 is 0 Å². The quantitative estimate of drug-likeness (QED) is 0.627. The summed E-state index contributed by atoms with van der Waals surface area (Å²) in [6, 6.07) is 17.8. The van der Waals surface area contributed by atoms with Gasteiger partial charge >= 0.3 is 0 Å². The van der Waals surface area contributed by atoms with E-state index < -0.39 is 0 Å². The first-order valence-electron chi connectivity index (χ1n) is 7.41. The minimum absolute atomic E-state index is 0.600. The topological polar surface area (TPSA) is 25.2 Å². The van der Waals surface area contributed by atoms with E-state index in [1.54, 1.807) is 6.07 Å². The van der Waals surface area contributed by atoms with E-state index in [1.807, 2.05) is 24.3 Å². The third kappa shape index (κ3) is 4.38. The van der Waals surface area contributed by atoms with Crippen LogP contribution < -0.4 is 5.32 Å². The van der Waals surface area contributed by atoms with Crippen LogP contribution in [-0.4, -0.2) is 0 Å². The average Bonchev–Trinajstić information content (AvgIpc) is 2.97. The SMILES string of the molecule is Cc1ccc(CNCc2ccc(-c3cc(Cl)cc(Cl)c3)o2)cc1. The maximum atomic E-state index is 6.03. The number of hydrogen-bond acceptors (Lipinski definition) is 2. The van der Waals surface area contributed by atoms with Gasteiger partial charge in [0.05, 0.1) is 6.54 Å². The molecule has 0 amide bonds. The smallest absolute Gasteiger partial charge is 0.134 e. The van der Waals surface area contributed by atoms with Crippen LogP contribution in [0.25, 0.3) is 11.3 Å². The van der Waals surface area contributed by atoms with Crippen molar-refractivity contribution in [3.05, 3.63) is 81.5 Å². The second kappa shape index (κ2) is 7.22. The van der Waals surface area contributed by atoms with Crippen LogP contribution in [-0.2, 0) is 13.1 Å². The lowest BCUT2D eigenvalue weighted by molar-refractivity contribution is 0.493. The first kappa shape index (κ1) is 16.1. The number of hydrogen-bond donors (Lipinski definition) is 1. The molecule has 0 aliphatic carbocycles. The Morgan fingerprint density at radius 3 is 2.26 bits per heavy atom. The zero-order chi connectivity index (χ0) is 16.2. The van der Waals surface area contributed by atoms with Gasteiger partial charge in [0, 0.05) is 22.2 Å². The Labute approximate surface area is 146 Å². The maximum Gasteiger partial charge on any atom is 0.134 e. The monoisotopic (exact) mass is 345 g/mol. The van der Waals surface area contributed by atoms with E-state index in [0.717, 1.165) is 23.6 Å². The van der Waals surface area contributed by atoms with Crippen molar-refractivity contribution in [1.82, 2.24) is 5.32 Å². The number of aryl methyl sites for hydroxylation is 1. The summed E-state index contributed by atoms with van der Waals surface area (Å²) in [7, 11) is 0. The number of furan rings is 1. The standard InChI is InChI=1S/C19H17Cl2NO/c1-13-2-4-14(5-3-13)11-22-12-18-6-7-19(23-18)15-8-16(20)10-17(21)9-15/h2-10,22H,11-12H2,1H3. The van der Waals surface area contributed by atoms with Crippen molar-refractivity contribution < 1.29 is 4.42 Å². The molecule has 0 bridgehead atoms. The molecule has 2 nitrogen and oxygen atoms in total. The zero-order valence-corrected chi connectivity index (χ0v) is 14.3. The highest BCUT2D eigenvalue weighted by Crippen LogP contribution is 2.28. The van der Waals surface area contributed by atoms with Gasteiger partial charge < -0.3 is 9.73 Å². The van der Waals surface area contributed by atoms with Crippen molar-refractivity contribution in [3.63, 3.8) is 0 Å². The van der Waals surface area contributed by atoms with Crippen molar-refractivity contribution in [3.8, 4) is 11.3 Å². The average molecular weight is 346 g/mol. The summed E-state index contributed by atoms with van der Waals surface area (Å²) < 4.78 is 5.86. The molecule has 0 saturated heterocycles. The highest BCUT2D eigenvalue weighted by molar-refractivity contribution is 6.35. The molecule has 1 aromatic heterocycles. The van der Waals surface area contributed by atoms with Crippen molar-refractivity contribution in [2.75, 3.05) is 0 Å². The summed E-state index contributed by atoms with van der Waals surface area (Å²) in [5.74, 6) is 1.64. The summed E-state index contributed by atoms with van der Waals surface area (Å²) >= 11 is 12.1. The van der Waals surface area contributed by atoms with Gasteiger partial charge in [-0.15, -0.1) is 0 Å². The van der Waals surface area contributed by atoms with E-state index in [-0.39, 0.29) is 0 Å². The molecule has 3 aromatic rings. The summed E-state index contributed by atoms with van der Waals surface area (Å²) in [6.07, 6.45) is 0. The molecule has 0 aliphatic heterocycles. The molecule has 3 rings (SSSR count). The molecule has 0 atom stereocenters. The summed E-state index contributed by atoms with van der Waals surface area (Å²) in [6.45, 7) is 3.56. The van der Waals surface area contributed by atoms with Gasteiger partial charge in [0.1, 0.15) is 11.5 Å². The van der Waals surface area contributed by atoms with Crippen LogP contribution in [0.3, 0.4) is 0 Å². The zero-order valence-electron chi connectivity index (χ0n) is 12.8. The molecule has 23 heavy (non-hydrogen) atoms. The molecule has 2 aromatic carbocycles. The van der Waals surface area contributed by atoms with Gasteiger partial charge in [-0.05, 0) is 42.8 Å². The summed E-state index contributed by atoms with van der Waals surface area (Å²) in [5, 5.41) is 4.58. The van der Waals surface area contributed by atoms with Gasteiger partial charge in [-0.1, -0.05) is 53.0 Å². The fourth-order valence-corrected chi connectivity index (χ4v) is 2.89. The number of rotatable bonds is 5. The van der Waals surface area contributed by atoms with Crippen LogP contribution >= 0.6 is 23.2 Å². The third-order valence-electron chi connectivity index (χ3n) is 3.56. The highest BCUT2D eigenvalue weighted by Gasteiger charge is 2.07. The van der Waals surface area contributed by atoms with Crippen molar-refractivity contribution >= 4 is 23.2 Å². The largest absolute Gasteiger partial charge is 0.460 e. The van der Waals surface area contributed by atoms with E-state index in [1.165, 1.54) is 11.1 Å². The summed E-state index contributed by atoms with van der Waals surface area (Å²) in [4.78, 5) is 0. The molecule has 4 heteroatoms. The Hall–Kier alpha value is -1.74. The van der Waals surface area contributed by atoms with E-state index in [2.05, 4.69) is 36.5 Å². The second-order valence-electron chi connectivity index (χ2n) is 5.51. The predicted octanol–water partition coefficient (Wildman–Crippen LogP) is 5.85. The van der Waals surface area contributed by atoms with Crippen molar-refractivity contribution in [2.24, 2.45) is 0 Å². The molecule has 0 unspecified atom stereocenters. The molecular formula is C19H17Cl2NO. The Bertz CT molecular complexity index is 773. The minimum Gasteiger partial charge on any atom is -0.460 e. The second-order valence-corrected chi connectivity index (χ2v) is 6.39. The lowest BCUT2D eigenvalue weighted by atomic mass is 10.1. The Balaban J connectivity index is 1.62. The lowest BCUT2D eigenvalue weighted by Gasteiger charge is -2.04. The van der Waals surface area contributed by atoms with Crippen molar-refractivity contribution in [1.29, 1.82) is 0 Å². The van der Waals surface area contributed by atoms with Gasteiger partial charge in [-0.25, -0.2) is 0 Å². The molecular weight excluding hydrogens is 329 g/mol. The minimum atomic E-state index is 0.600. The first-order chi connectivity index (χ1) is 11.1. The van der Waals surface area contributed by atoms with Crippen LogP contribution in [0.1, 0.15) is 16.9 Å². The Kier molecular flexibility index (Phi) is 5.06. The first-order valence-corrected chi connectivity index (χ1v) is 8.17. The molecule has 0 saturated carbocycles. The van der Waals surface area contributed by atoms with Gasteiger partial charge in [0.2, 0.25) is 0 Å². The van der Waals surface area contributed by atoms with Gasteiger partial charge in [-0.3, -0.25) is 0 Å². The number of nitrogens with one attached hydrogen (secondary N) is 1. The predicted molar refractivity (Wildman–Crippen MR) is 95.9 cm³/mol. The van der Waals surface area contributed by atoms with Crippen LogP contribution in [0.2, 0.25) is 10.0 Å². The van der Waals surface area contributed by atoms with Gasteiger partial charge in [-0.2, -0.15) is 0 Å². The van der Waals surface area contributed by atoms with Crippen molar-refractivity contribution in [2.45, 2.75) is 20.0 Å². The van der Waals surface area contributed by atoms with E-state index in [9.17, 15) is 0 Å². The lowest BCUT2D eigenvalue weighted by Crippen LogP contribution is -2.11. The normalized spacial score (nSPS) is 10.9. The van der Waals surface area contributed by atoms with Crippen LogP contribution in [0.5, 0.6) is 0 Å². The maximum absolute atomic E-state index is 6.03. The third-order valence-corrected chi connectivity index (χ3v) is 3.99. The van der Waals surface area contributed by atoms with Crippen LogP contribution in [0.15, 0.2) is 59.0 Å². The van der Waals surface area contributed by atoms with Gasteiger partial charge in [0.25, 0.3) is 0 Å². The Morgan fingerprint density at radius 1 is 0.870 bits per heavy atom. The molecule has 1 heterocycles. The van der Waals surface area contributed by atoms with E-state index in [0.29, 0.717) is 16.6 Å². The highest BCUT2D eigenvalue weighted by atomic mass is 35.5. The molecule has 118 valence electrons. The summed E-state index contributed by atoms with van der Waals surface area (Å²) in [5.41, 5.74) is 3.40. The van der Waals surface area contributed by atoms with Crippen LogP contribution in [0, 0.1) is 6.92 Å². The molecule has 0 radical (unpaired) electrons. The molecule has 0 spiro atoms. The van der Waals surface area contributed by atoms with E-state index in [4.69, 9.17) is 27.6 Å². The fraction of sp³-hybridized carbons (Fsp3) is 0.158.